The molecule has 0 fully saturated rings. The highest BCUT2D eigenvalue weighted by atomic mass is 35.5. The first-order chi connectivity index (χ1) is 16.0. The molecule has 0 bridgehead atoms. The van der Waals surface area contributed by atoms with E-state index in [1.807, 2.05) is 42.7 Å². The summed E-state index contributed by atoms with van der Waals surface area (Å²) in [5, 5.41) is 16.0. The number of rotatable bonds is 7. The van der Waals surface area contributed by atoms with Crippen molar-refractivity contribution in [2.24, 2.45) is 0 Å². The quantitative estimate of drug-likeness (QED) is 0.263. The molecular formula is C25H21ClN4O2S. The lowest BCUT2D eigenvalue weighted by Crippen LogP contribution is -2.28. The Bertz CT molecular complexity index is 1450. The zero-order valence-electron chi connectivity index (χ0n) is 18.2. The molecule has 4 rings (SSSR count). The van der Waals surface area contributed by atoms with E-state index in [-0.39, 0.29) is 30.9 Å². The van der Waals surface area contributed by atoms with Crippen molar-refractivity contribution in [1.82, 2.24) is 14.3 Å². The second-order valence-corrected chi connectivity index (χ2v) is 8.70. The Hall–Kier alpha value is -3.34. The first kappa shape index (κ1) is 22.8. The maximum atomic E-state index is 13.6. The van der Waals surface area contributed by atoms with Gasteiger partial charge in [0.1, 0.15) is 6.54 Å². The molecule has 0 saturated heterocycles. The molecule has 0 aliphatic rings. The van der Waals surface area contributed by atoms with Crippen molar-refractivity contribution < 1.29 is 4.79 Å². The molecule has 2 heterocycles. The van der Waals surface area contributed by atoms with Crippen LogP contribution in [0.25, 0.3) is 21.9 Å². The number of nitriles is 1. The van der Waals surface area contributed by atoms with Crippen LogP contribution >= 0.6 is 23.4 Å². The molecular weight excluding hydrogens is 456 g/mol. The molecule has 0 atom stereocenters. The lowest BCUT2D eigenvalue weighted by atomic mass is 9.94. The summed E-state index contributed by atoms with van der Waals surface area (Å²) in [6, 6.07) is 18.6. The second-order valence-electron chi connectivity index (χ2n) is 7.44. The monoisotopic (exact) mass is 476 g/mol. The van der Waals surface area contributed by atoms with Gasteiger partial charge < -0.3 is 0 Å². The van der Waals surface area contributed by atoms with Crippen LogP contribution in [0, 0.1) is 11.3 Å². The van der Waals surface area contributed by atoms with Gasteiger partial charge in [-0.25, -0.2) is 4.68 Å². The van der Waals surface area contributed by atoms with Crippen LogP contribution in [0.15, 0.2) is 64.4 Å². The van der Waals surface area contributed by atoms with Crippen LogP contribution in [0.1, 0.15) is 29.5 Å². The molecule has 2 aromatic heterocycles. The van der Waals surface area contributed by atoms with Crippen molar-refractivity contribution in [1.29, 1.82) is 5.26 Å². The fourth-order valence-corrected chi connectivity index (χ4v) is 4.70. The average Bonchev–Trinajstić information content (AvgIpc) is 3.22. The lowest BCUT2D eigenvalue weighted by Gasteiger charge is -2.19. The van der Waals surface area contributed by atoms with Crippen LogP contribution in [-0.4, -0.2) is 26.4 Å². The Kier molecular flexibility index (Phi) is 6.68. The molecule has 0 radical (unpaired) electrons. The van der Waals surface area contributed by atoms with Crippen molar-refractivity contribution in [3.05, 3.63) is 81.4 Å². The summed E-state index contributed by atoms with van der Waals surface area (Å²) in [6.45, 7) is 2.00. The first-order valence-corrected chi connectivity index (χ1v) is 12.0. The third-order valence-electron chi connectivity index (χ3n) is 5.42. The highest BCUT2D eigenvalue weighted by molar-refractivity contribution is 7.98. The maximum Gasteiger partial charge on any atom is 0.259 e. The number of nitrogens with zero attached hydrogens (tertiary/aromatic N) is 4. The molecule has 0 aliphatic heterocycles. The molecule has 0 amide bonds. The summed E-state index contributed by atoms with van der Waals surface area (Å²) in [7, 11) is 0. The number of aromatic nitrogens is 3. The molecule has 6 nitrogen and oxygen atoms in total. The molecule has 0 saturated carbocycles. The van der Waals surface area contributed by atoms with E-state index in [1.54, 1.807) is 29.8 Å². The van der Waals surface area contributed by atoms with E-state index in [2.05, 4.69) is 11.2 Å². The van der Waals surface area contributed by atoms with Crippen molar-refractivity contribution >= 4 is 39.9 Å². The summed E-state index contributed by atoms with van der Waals surface area (Å²) < 4.78 is 3.11. The maximum absolute atomic E-state index is 13.6. The number of hydrogen-bond acceptors (Lipinski definition) is 5. The van der Waals surface area contributed by atoms with Gasteiger partial charge in [-0.1, -0.05) is 48.9 Å². The van der Waals surface area contributed by atoms with Gasteiger partial charge in [0, 0.05) is 22.4 Å². The highest BCUT2D eigenvalue weighted by Crippen LogP contribution is 2.33. The first-order valence-electron chi connectivity index (χ1n) is 10.4. The zero-order chi connectivity index (χ0) is 23.5. The molecule has 0 N–H and O–H groups in total. The Balaban J connectivity index is 2.05. The number of thioether (sulfide) groups is 1. The minimum atomic E-state index is -0.279. The van der Waals surface area contributed by atoms with Crippen molar-refractivity contribution in [2.75, 3.05) is 6.26 Å². The summed E-state index contributed by atoms with van der Waals surface area (Å²) in [4.78, 5) is 26.9. The minimum Gasteiger partial charge on any atom is -0.298 e. The molecule has 0 aliphatic carbocycles. The van der Waals surface area contributed by atoms with Crippen molar-refractivity contribution in [3.8, 4) is 17.2 Å². The second kappa shape index (κ2) is 9.65. The molecule has 0 unspecified atom stereocenters. The fourth-order valence-electron chi connectivity index (χ4n) is 3.96. The van der Waals surface area contributed by atoms with E-state index in [1.165, 1.54) is 16.3 Å². The fraction of sp³-hybridized carbons (Fsp3) is 0.200. The molecule has 0 spiro atoms. The van der Waals surface area contributed by atoms with Crippen LogP contribution in [0.4, 0.5) is 0 Å². The molecule has 33 heavy (non-hydrogen) atoms. The van der Waals surface area contributed by atoms with E-state index in [9.17, 15) is 9.59 Å². The molecule has 8 heteroatoms. The highest BCUT2D eigenvalue weighted by Gasteiger charge is 2.23. The van der Waals surface area contributed by atoms with Crippen LogP contribution in [0.3, 0.4) is 0 Å². The van der Waals surface area contributed by atoms with Crippen LogP contribution < -0.4 is 5.56 Å². The van der Waals surface area contributed by atoms with Gasteiger partial charge >= 0.3 is 0 Å². The van der Waals surface area contributed by atoms with Crippen molar-refractivity contribution in [3.63, 3.8) is 0 Å². The molecule has 4 aromatic rings. The van der Waals surface area contributed by atoms with Crippen molar-refractivity contribution in [2.45, 2.75) is 31.5 Å². The van der Waals surface area contributed by atoms with E-state index in [4.69, 9.17) is 16.9 Å². The number of carbonyl (C=O) groups excluding carboxylic acids is 1. The smallest absolute Gasteiger partial charge is 0.259 e. The zero-order valence-corrected chi connectivity index (χ0v) is 19.8. The average molecular weight is 477 g/mol. The number of fused-ring (bicyclic) bond motifs is 1. The Labute approximate surface area is 200 Å². The van der Waals surface area contributed by atoms with Gasteiger partial charge in [0.05, 0.1) is 29.0 Å². The van der Waals surface area contributed by atoms with Crippen LogP contribution in [0.2, 0.25) is 5.02 Å². The summed E-state index contributed by atoms with van der Waals surface area (Å²) >= 11 is 7.77. The number of halogens is 1. The van der Waals surface area contributed by atoms with E-state index < -0.39 is 0 Å². The Morgan fingerprint density at radius 3 is 2.58 bits per heavy atom. The summed E-state index contributed by atoms with van der Waals surface area (Å²) in [5.74, 6) is -0.144. The third-order valence-corrected chi connectivity index (χ3v) is 6.41. The van der Waals surface area contributed by atoms with Crippen LogP contribution in [-0.2, 0) is 13.1 Å². The Morgan fingerprint density at radius 2 is 1.91 bits per heavy atom. The van der Waals surface area contributed by atoms with E-state index in [0.29, 0.717) is 32.7 Å². The topological polar surface area (TPSA) is 80.7 Å². The van der Waals surface area contributed by atoms with E-state index in [0.717, 1.165) is 10.6 Å². The van der Waals surface area contributed by atoms with Gasteiger partial charge in [-0.15, -0.1) is 11.8 Å². The normalized spacial score (nSPS) is 11.0. The summed E-state index contributed by atoms with van der Waals surface area (Å²) in [6.07, 6.45) is 2.14. The largest absolute Gasteiger partial charge is 0.298 e. The number of Topliss-reactive ketones (excluding diaryl/α,β-unsaturated/α-hetero) is 1. The predicted molar refractivity (Wildman–Crippen MR) is 132 cm³/mol. The van der Waals surface area contributed by atoms with Gasteiger partial charge in [0.2, 0.25) is 0 Å². The predicted octanol–water partition coefficient (Wildman–Crippen LogP) is 5.40. The van der Waals surface area contributed by atoms with E-state index >= 15 is 0 Å². The Morgan fingerprint density at radius 1 is 1.15 bits per heavy atom. The van der Waals surface area contributed by atoms with Gasteiger partial charge in [0.25, 0.3) is 5.56 Å². The molecule has 2 aromatic carbocycles. The van der Waals surface area contributed by atoms with Gasteiger partial charge in [0.15, 0.2) is 5.78 Å². The van der Waals surface area contributed by atoms with Gasteiger partial charge in [-0.05, 0) is 41.5 Å². The standard InChI is InChI=1S/C25H21ClN4O2S/c1-3-21(31)24-23(16-7-5-4-6-8-16)20-13-17(26)9-10-19(20)25(32)29(24)15-18-14-22(33-2)30(28-18)12-11-27/h4-10,13-14H,3,12,15H2,1-2H3. The number of benzene rings is 2. The number of pyridine rings is 1. The lowest BCUT2D eigenvalue weighted by molar-refractivity contribution is 0.0979. The number of ketones is 1. The van der Waals surface area contributed by atoms with Crippen LogP contribution in [0.5, 0.6) is 0 Å². The molecule has 166 valence electrons. The summed E-state index contributed by atoms with van der Waals surface area (Å²) in [5.41, 5.74) is 2.17. The number of carbonyl (C=O) groups is 1. The van der Waals surface area contributed by atoms with Gasteiger partial charge in [-0.3, -0.25) is 14.2 Å². The van der Waals surface area contributed by atoms with Gasteiger partial charge in [-0.2, -0.15) is 10.4 Å². The third kappa shape index (κ3) is 4.32. The minimum absolute atomic E-state index is 0.108. The SMILES string of the molecule is CCC(=O)c1c(-c2ccccc2)c2cc(Cl)ccc2c(=O)n1Cc1cc(SC)n(CC#N)n1. The number of hydrogen-bond donors (Lipinski definition) is 0.